The normalized spacial score (nSPS) is 12.4. The van der Waals surface area contributed by atoms with Crippen molar-refractivity contribution in [3.05, 3.63) is 52.2 Å². The van der Waals surface area contributed by atoms with E-state index in [-0.39, 0.29) is 0 Å². The Labute approximate surface area is 100 Å². The number of thiophene rings is 1. The molecule has 1 aromatic heterocycles. The molecule has 0 fully saturated rings. The fourth-order valence-corrected chi connectivity index (χ4v) is 2.63. The number of benzene rings is 1. The largest absolute Gasteiger partial charge is 0.388 e. The molecule has 0 saturated carbocycles. The van der Waals surface area contributed by atoms with Crippen LogP contribution < -0.4 is 10.6 Å². The fourth-order valence-electron chi connectivity index (χ4n) is 1.77. The Morgan fingerprint density at radius 3 is 2.31 bits per heavy atom. The van der Waals surface area contributed by atoms with Gasteiger partial charge in [0.1, 0.15) is 0 Å². The summed E-state index contributed by atoms with van der Waals surface area (Å²) in [6.45, 7) is 0. The first-order chi connectivity index (χ1) is 7.85. The molecule has 2 nitrogen and oxygen atoms in total. The van der Waals surface area contributed by atoms with Crippen LogP contribution in [0.1, 0.15) is 16.5 Å². The van der Waals surface area contributed by atoms with Crippen LogP contribution in [0.4, 0.5) is 5.69 Å². The van der Waals surface area contributed by atoms with Crippen molar-refractivity contribution >= 4 is 17.0 Å². The van der Waals surface area contributed by atoms with Crippen LogP contribution in [-0.2, 0) is 0 Å². The number of hydrogen-bond donors (Lipinski definition) is 2. The molecule has 0 aliphatic heterocycles. The van der Waals surface area contributed by atoms with E-state index in [4.69, 9.17) is 0 Å². The lowest BCUT2D eigenvalue weighted by molar-refractivity contribution is 0.704. The third kappa shape index (κ3) is 2.26. The van der Waals surface area contributed by atoms with Crippen LogP contribution in [-0.4, -0.2) is 14.1 Å². The molecular formula is C13H16N2S. The predicted octanol–water partition coefficient (Wildman–Crippen LogP) is 3.10. The van der Waals surface area contributed by atoms with Crippen molar-refractivity contribution in [2.24, 2.45) is 0 Å². The monoisotopic (exact) mass is 232 g/mol. The van der Waals surface area contributed by atoms with Gasteiger partial charge in [-0.3, -0.25) is 0 Å². The van der Waals surface area contributed by atoms with Gasteiger partial charge in [0.05, 0.1) is 6.04 Å². The highest BCUT2D eigenvalue weighted by Crippen LogP contribution is 2.26. The highest BCUT2D eigenvalue weighted by molar-refractivity contribution is 7.10. The Bertz CT molecular complexity index is 420. The zero-order valence-electron chi connectivity index (χ0n) is 9.53. The fraction of sp³-hybridized carbons (Fsp3) is 0.231. The maximum Gasteiger partial charge on any atom is 0.0668 e. The van der Waals surface area contributed by atoms with Crippen LogP contribution in [0.15, 0.2) is 41.8 Å². The summed E-state index contributed by atoms with van der Waals surface area (Å²) in [4.78, 5) is 1.35. The summed E-state index contributed by atoms with van der Waals surface area (Å²) in [5.41, 5.74) is 2.44. The summed E-state index contributed by atoms with van der Waals surface area (Å²) in [6, 6.07) is 13.1. The summed E-state index contributed by atoms with van der Waals surface area (Å²) in [7, 11) is 3.93. The minimum absolute atomic E-state index is 0.297. The number of anilines is 1. The van der Waals surface area contributed by atoms with E-state index in [0.29, 0.717) is 6.04 Å². The molecule has 1 aromatic carbocycles. The van der Waals surface area contributed by atoms with Gasteiger partial charge >= 0.3 is 0 Å². The van der Waals surface area contributed by atoms with Gasteiger partial charge in [0.15, 0.2) is 0 Å². The molecule has 1 heterocycles. The van der Waals surface area contributed by atoms with Crippen molar-refractivity contribution < 1.29 is 0 Å². The lowest BCUT2D eigenvalue weighted by Crippen LogP contribution is -2.16. The first-order valence-electron chi connectivity index (χ1n) is 5.33. The third-order valence-electron chi connectivity index (χ3n) is 2.65. The van der Waals surface area contributed by atoms with Gasteiger partial charge in [-0.2, -0.15) is 0 Å². The minimum Gasteiger partial charge on any atom is -0.388 e. The van der Waals surface area contributed by atoms with Gasteiger partial charge < -0.3 is 10.6 Å². The zero-order valence-corrected chi connectivity index (χ0v) is 10.3. The second kappa shape index (κ2) is 5.14. The van der Waals surface area contributed by atoms with Crippen molar-refractivity contribution in [3.8, 4) is 0 Å². The van der Waals surface area contributed by atoms with Gasteiger partial charge in [-0.15, -0.1) is 11.3 Å². The summed E-state index contributed by atoms with van der Waals surface area (Å²) >= 11 is 1.78. The van der Waals surface area contributed by atoms with Gasteiger partial charge in [-0.05, 0) is 36.2 Å². The highest BCUT2D eigenvalue weighted by atomic mass is 32.1. The first-order valence-corrected chi connectivity index (χ1v) is 6.21. The molecule has 2 N–H and O–H groups in total. The van der Waals surface area contributed by atoms with E-state index in [1.165, 1.54) is 10.4 Å². The average molecular weight is 232 g/mol. The first kappa shape index (κ1) is 11.2. The van der Waals surface area contributed by atoms with E-state index in [0.717, 1.165) is 5.69 Å². The van der Waals surface area contributed by atoms with Crippen LogP contribution in [0.3, 0.4) is 0 Å². The van der Waals surface area contributed by atoms with Gasteiger partial charge in [0.25, 0.3) is 0 Å². The van der Waals surface area contributed by atoms with Crippen molar-refractivity contribution in [1.82, 2.24) is 5.32 Å². The van der Waals surface area contributed by atoms with E-state index >= 15 is 0 Å². The molecular weight excluding hydrogens is 216 g/mol. The third-order valence-corrected chi connectivity index (χ3v) is 3.59. The maximum atomic E-state index is 3.35. The smallest absolute Gasteiger partial charge is 0.0668 e. The quantitative estimate of drug-likeness (QED) is 0.846. The number of rotatable bonds is 4. The summed E-state index contributed by atoms with van der Waals surface area (Å²) in [5.74, 6) is 0. The average Bonchev–Trinajstić information content (AvgIpc) is 2.85. The molecule has 0 aliphatic carbocycles. The highest BCUT2D eigenvalue weighted by Gasteiger charge is 2.12. The van der Waals surface area contributed by atoms with Crippen LogP contribution in [0.5, 0.6) is 0 Å². The molecule has 1 unspecified atom stereocenters. The van der Waals surface area contributed by atoms with Crippen LogP contribution in [0.2, 0.25) is 0 Å². The Hall–Kier alpha value is -1.32. The Morgan fingerprint density at radius 1 is 1.06 bits per heavy atom. The Balaban J connectivity index is 2.27. The van der Waals surface area contributed by atoms with Crippen molar-refractivity contribution in [2.75, 3.05) is 19.4 Å². The molecule has 2 rings (SSSR count). The molecule has 3 heteroatoms. The summed E-state index contributed by atoms with van der Waals surface area (Å²) < 4.78 is 0. The minimum atomic E-state index is 0.297. The maximum absolute atomic E-state index is 3.35. The molecule has 0 aliphatic rings. The predicted molar refractivity (Wildman–Crippen MR) is 71.2 cm³/mol. The molecule has 0 radical (unpaired) electrons. The van der Waals surface area contributed by atoms with Gasteiger partial charge in [0, 0.05) is 17.6 Å². The van der Waals surface area contributed by atoms with Crippen molar-refractivity contribution in [2.45, 2.75) is 6.04 Å². The van der Waals surface area contributed by atoms with E-state index in [1.807, 2.05) is 14.1 Å². The van der Waals surface area contributed by atoms with Crippen LogP contribution >= 0.6 is 11.3 Å². The number of nitrogens with one attached hydrogen (secondary N) is 2. The van der Waals surface area contributed by atoms with E-state index in [1.54, 1.807) is 11.3 Å². The van der Waals surface area contributed by atoms with Crippen LogP contribution in [0, 0.1) is 0 Å². The number of hydrogen-bond acceptors (Lipinski definition) is 3. The zero-order chi connectivity index (χ0) is 11.4. The molecule has 1 atom stereocenters. The summed E-state index contributed by atoms with van der Waals surface area (Å²) in [6.07, 6.45) is 0. The summed E-state index contributed by atoms with van der Waals surface area (Å²) in [5, 5.41) is 8.59. The van der Waals surface area contributed by atoms with E-state index in [9.17, 15) is 0 Å². The topological polar surface area (TPSA) is 24.1 Å². The molecule has 0 bridgehead atoms. The standard InChI is InChI=1S/C13H16N2S/c1-14-11-7-5-10(6-8-11)13(15-2)12-4-3-9-16-12/h3-9,13-15H,1-2H3. The van der Waals surface area contributed by atoms with Gasteiger partial charge in [-0.1, -0.05) is 18.2 Å². The molecule has 0 amide bonds. The second-order valence-electron chi connectivity index (χ2n) is 3.61. The lowest BCUT2D eigenvalue weighted by atomic mass is 10.1. The van der Waals surface area contributed by atoms with Crippen LogP contribution in [0.25, 0.3) is 0 Å². The molecule has 16 heavy (non-hydrogen) atoms. The lowest BCUT2D eigenvalue weighted by Gasteiger charge is -2.15. The molecule has 0 spiro atoms. The Morgan fingerprint density at radius 2 is 1.81 bits per heavy atom. The van der Waals surface area contributed by atoms with Gasteiger partial charge in [-0.25, -0.2) is 0 Å². The molecule has 0 saturated heterocycles. The van der Waals surface area contributed by atoms with E-state index < -0.39 is 0 Å². The van der Waals surface area contributed by atoms with Crippen molar-refractivity contribution in [3.63, 3.8) is 0 Å². The second-order valence-corrected chi connectivity index (χ2v) is 4.59. The molecule has 2 aromatic rings. The molecule has 84 valence electrons. The SMILES string of the molecule is CNc1ccc(C(NC)c2cccs2)cc1. The van der Waals surface area contributed by atoms with Gasteiger partial charge in [0.2, 0.25) is 0 Å². The van der Waals surface area contributed by atoms with Crippen molar-refractivity contribution in [1.29, 1.82) is 0 Å². The van der Waals surface area contributed by atoms with E-state index in [2.05, 4.69) is 52.4 Å². The Kier molecular flexibility index (Phi) is 3.59.